The molecule has 0 radical (unpaired) electrons. The van der Waals surface area contributed by atoms with Crippen molar-refractivity contribution in [2.45, 2.75) is 76.4 Å². The standard InChI is InChI=1S/C19H31ClN6O3S/c1-6-19(7-2)15(20)22-13(23-19)14(27)21-11-8-9-26(10-12(11)29-5)17-25-24-16(30-17)18(3,4)28/h11-13,23,28H,6-10H2,1-5H3,(H,21,27)/t11-,12+,13?/m1/s1. The number of nitrogens with zero attached hydrogens (tertiary/aromatic N) is 4. The monoisotopic (exact) mass is 458 g/mol. The van der Waals surface area contributed by atoms with Crippen molar-refractivity contribution in [1.29, 1.82) is 0 Å². The van der Waals surface area contributed by atoms with Crippen molar-refractivity contribution in [3.05, 3.63) is 5.01 Å². The van der Waals surface area contributed by atoms with E-state index in [-0.39, 0.29) is 18.1 Å². The van der Waals surface area contributed by atoms with Gasteiger partial charge in [-0.2, -0.15) is 0 Å². The van der Waals surface area contributed by atoms with Crippen LogP contribution in [-0.4, -0.2) is 70.4 Å². The van der Waals surface area contributed by atoms with Crippen LogP contribution in [0.5, 0.6) is 0 Å². The maximum atomic E-state index is 12.8. The SMILES string of the molecule is CCC1(CC)NC(C(=O)N[C@@H]2CCN(c3nnc(C(C)(C)O)s3)C[C@@H]2OC)N=C1Cl. The fourth-order valence-electron chi connectivity index (χ4n) is 3.81. The van der Waals surface area contributed by atoms with Gasteiger partial charge in [0.05, 0.1) is 17.7 Å². The molecule has 9 nitrogen and oxygen atoms in total. The van der Waals surface area contributed by atoms with E-state index in [4.69, 9.17) is 16.3 Å². The third-order valence-corrected chi connectivity index (χ3v) is 7.66. The Morgan fingerprint density at radius 1 is 1.43 bits per heavy atom. The second kappa shape index (κ2) is 9.04. The summed E-state index contributed by atoms with van der Waals surface area (Å²) in [5.41, 5.74) is -1.45. The van der Waals surface area contributed by atoms with Crippen LogP contribution in [0.25, 0.3) is 0 Å². The number of carbonyl (C=O) groups is 1. The number of halogens is 1. The summed E-state index contributed by atoms with van der Waals surface area (Å²) in [6.45, 7) is 8.70. The van der Waals surface area contributed by atoms with E-state index in [1.165, 1.54) is 11.3 Å². The molecule has 11 heteroatoms. The molecule has 0 spiro atoms. The van der Waals surface area contributed by atoms with Crippen molar-refractivity contribution in [2.24, 2.45) is 4.99 Å². The highest BCUT2D eigenvalue weighted by Crippen LogP contribution is 2.31. The van der Waals surface area contributed by atoms with Crippen molar-refractivity contribution >= 4 is 39.1 Å². The number of hydrogen-bond donors (Lipinski definition) is 3. The molecular weight excluding hydrogens is 428 g/mol. The number of aliphatic hydroxyl groups is 1. The van der Waals surface area contributed by atoms with Crippen molar-refractivity contribution in [3.63, 3.8) is 0 Å². The first kappa shape index (κ1) is 23.3. The summed E-state index contributed by atoms with van der Waals surface area (Å²) < 4.78 is 5.67. The average Bonchev–Trinajstić information content (AvgIpc) is 3.33. The first-order chi connectivity index (χ1) is 14.1. The summed E-state index contributed by atoms with van der Waals surface area (Å²) >= 11 is 7.71. The first-order valence-corrected chi connectivity index (χ1v) is 11.5. The van der Waals surface area contributed by atoms with E-state index < -0.39 is 17.3 Å². The van der Waals surface area contributed by atoms with Gasteiger partial charge in [0.15, 0.2) is 6.17 Å². The Balaban J connectivity index is 1.62. The predicted octanol–water partition coefficient (Wildman–Crippen LogP) is 1.60. The minimum absolute atomic E-state index is 0.144. The van der Waals surface area contributed by atoms with Crippen LogP contribution >= 0.6 is 22.9 Å². The summed E-state index contributed by atoms with van der Waals surface area (Å²) in [4.78, 5) is 19.3. The van der Waals surface area contributed by atoms with Crippen LogP contribution < -0.4 is 15.5 Å². The van der Waals surface area contributed by atoms with Crippen LogP contribution in [0.2, 0.25) is 0 Å². The third kappa shape index (κ3) is 4.62. The maximum Gasteiger partial charge on any atom is 0.259 e. The van der Waals surface area contributed by atoms with Gasteiger partial charge in [0.2, 0.25) is 5.13 Å². The number of hydrogen-bond acceptors (Lipinski definition) is 9. The molecule has 2 aliphatic rings. The molecule has 3 rings (SSSR count). The lowest BCUT2D eigenvalue weighted by molar-refractivity contribution is -0.125. The minimum Gasteiger partial charge on any atom is -0.383 e. The van der Waals surface area contributed by atoms with E-state index in [0.29, 0.717) is 29.7 Å². The van der Waals surface area contributed by atoms with Gasteiger partial charge in [-0.25, -0.2) is 4.99 Å². The number of ether oxygens (including phenoxy) is 1. The molecule has 1 amide bonds. The lowest BCUT2D eigenvalue weighted by Gasteiger charge is -2.38. The van der Waals surface area contributed by atoms with Crippen LogP contribution in [0.4, 0.5) is 5.13 Å². The zero-order valence-electron chi connectivity index (χ0n) is 18.1. The number of nitrogens with one attached hydrogen (secondary N) is 2. The Morgan fingerprint density at radius 2 is 2.13 bits per heavy atom. The van der Waals surface area contributed by atoms with Crippen LogP contribution in [0.1, 0.15) is 52.0 Å². The topological polar surface area (TPSA) is 112 Å². The van der Waals surface area contributed by atoms with Gasteiger partial charge in [-0.15, -0.1) is 10.2 Å². The van der Waals surface area contributed by atoms with Gasteiger partial charge in [0.25, 0.3) is 5.91 Å². The molecule has 1 saturated heterocycles. The zero-order valence-corrected chi connectivity index (χ0v) is 19.7. The van der Waals surface area contributed by atoms with Gasteiger partial charge >= 0.3 is 0 Å². The first-order valence-electron chi connectivity index (χ1n) is 10.3. The highest BCUT2D eigenvalue weighted by Gasteiger charge is 2.42. The number of aromatic nitrogens is 2. The molecule has 3 atom stereocenters. The number of amides is 1. The second-order valence-electron chi connectivity index (χ2n) is 8.33. The molecule has 30 heavy (non-hydrogen) atoms. The molecule has 3 heterocycles. The molecule has 1 aromatic rings. The molecule has 0 aromatic carbocycles. The summed E-state index contributed by atoms with van der Waals surface area (Å²) in [5.74, 6) is -0.197. The number of rotatable bonds is 7. The number of aliphatic imine (C=N–C) groups is 1. The van der Waals surface area contributed by atoms with E-state index >= 15 is 0 Å². The van der Waals surface area contributed by atoms with E-state index in [0.717, 1.165) is 18.0 Å². The van der Waals surface area contributed by atoms with Gasteiger partial charge < -0.3 is 20.1 Å². The van der Waals surface area contributed by atoms with Gasteiger partial charge in [0, 0.05) is 20.2 Å². The molecule has 2 aliphatic heterocycles. The Morgan fingerprint density at radius 3 is 2.67 bits per heavy atom. The highest BCUT2D eigenvalue weighted by atomic mass is 35.5. The zero-order chi connectivity index (χ0) is 22.1. The Hall–Kier alpha value is -1.33. The number of piperidine rings is 1. The van der Waals surface area contributed by atoms with Crippen LogP contribution in [0, 0.1) is 0 Å². The number of anilines is 1. The van der Waals surface area contributed by atoms with Crippen molar-refractivity contribution in [1.82, 2.24) is 20.8 Å². The summed E-state index contributed by atoms with van der Waals surface area (Å²) in [5, 5.41) is 26.6. The molecule has 1 aromatic heterocycles. The molecule has 0 saturated carbocycles. The predicted molar refractivity (Wildman–Crippen MR) is 118 cm³/mol. The Labute approximate surface area is 186 Å². The van der Waals surface area contributed by atoms with Gasteiger partial charge in [-0.05, 0) is 33.1 Å². The van der Waals surface area contributed by atoms with Crippen molar-refractivity contribution in [2.75, 3.05) is 25.1 Å². The quantitative estimate of drug-likeness (QED) is 0.568. The second-order valence-corrected chi connectivity index (χ2v) is 9.64. The maximum absolute atomic E-state index is 12.8. The third-order valence-electron chi connectivity index (χ3n) is 5.90. The largest absolute Gasteiger partial charge is 0.383 e. The Bertz CT molecular complexity index is 791. The van der Waals surface area contributed by atoms with E-state index in [9.17, 15) is 9.90 Å². The van der Waals surface area contributed by atoms with Gasteiger partial charge in [0.1, 0.15) is 15.8 Å². The molecular formula is C19H31ClN6O3S. The molecule has 1 fully saturated rings. The minimum atomic E-state index is -1.02. The fraction of sp³-hybridized carbons (Fsp3) is 0.789. The van der Waals surface area contributed by atoms with E-state index in [1.807, 2.05) is 13.8 Å². The van der Waals surface area contributed by atoms with Crippen LogP contribution in [0.3, 0.4) is 0 Å². The number of carbonyl (C=O) groups excluding carboxylic acids is 1. The lowest BCUT2D eigenvalue weighted by Crippen LogP contribution is -2.58. The van der Waals surface area contributed by atoms with E-state index in [2.05, 4.69) is 30.7 Å². The van der Waals surface area contributed by atoms with Crippen molar-refractivity contribution in [3.8, 4) is 0 Å². The highest BCUT2D eigenvalue weighted by molar-refractivity contribution is 7.15. The molecule has 168 valence electrons. The average molecular weight is 459 g/mol. The molecule has 0 aliphatic carbocycles. The lowest BCUT2D eigenvalue weighted by atomic mass is 9.95. The smallest absolute Gasteiger partial charge is 0.259 e. The summed E-state index contributed by atoms with van der Waals surface area (Å²) in [7, 11) is 1.64. The van der Waals surface area contributed by atoms with Crippen molar-refractivity contribution < 1.29 is 14.6 Å². The van der Waals surface area contributed by atoms with E-state index in [1.54, 1.807) is 21.0 Å². The van der Waals surface area contributed by atoms with Crippen LogP contribution in [-0.2, 0) is 15.1 Å². The normalized spacial score (nSPS) is 26.6. The number of methoxy groups -OCH3 is 1. The molecule has 3 N–H and O–H groups in total. The van der Waals surface area contributed by atoms with Gasteiger partial charge in [-0.1, -0.05) is 36.8 Å². The summed E-state index contributed by atoms with van der Waals surface area (Å²) in [6.07, 6.45) is 1.33. The van der Waals surface area contributed by atoms with Crippen LogP contribution in [0.15, 0.2) is 4.99 Å². The summed E-state index contributed by atoms with van der Waals surface area (Å²) in [6, 6.07) is -0.144. The fourth-order valence-corrected chi connectivity index (χ4v) is 5.11. The van der Waals surface area contributed by atoms with Gasteiger partial charge in [-0.3, -0.25) is 10.1 Å². The molecule has 0 bridgehead atoms. The Kier molecular flexibility index (Phi) is 7.03. The molecule has 1 unspecified atom stereocenters.